The van der Waals surface area contributed by atoms with Gasteiger partial charge in [-0.15, -0.1) is 0 Å². The first-order chi connectivity index (χ1) is 19.0. The van der Waals surface area contributed by atoms with Gasteiger partial charge in [0.05, 0.1) is 13.0 Å². The summed E-state index contributed by atoms with van der Waals surface area (Å²) in [6, 6.07) is 17.7. The predicted molar refractivity (Wildman–Crippen MR) is 155 cm³/mol. The first-order valence-electron chi connectivity index (χ1n) is 13.4. The molecule has 2 heterocycles. The lowest BCUT2D eigenvalue weighted by molar-refractivity contribution is -0.137. The Balaban J connectivity index is 1.24. The molecule has 0 aromatic heterocycles. The van der Waals surface area contributed by atoms with Crippen molar-refractivity contribution in [2.45, 2.75) is 51.2 Å². The molecule has 5 rings (SSSR count). The van der Waals surface area contributed by atoms with Gasteiger partial charge in [0.1, 0.15) is 36.1 Å². The Labute approximate surface area is 235 Å². The van der Waals surface area contributed by atoms with Crippen molar-refractivity contribution in [3.63, 3.8) is 0 Å². The zero-order valence-corrected chi connectivity index (χ0v) is 23.6. The molecule has 4 N–H and O–H groups in total. The zero-order chi connectivity index (χ0) is 28.5. The molecule has 3 aromatic carbocycles. The van der Waals surface area contributed by atoms with Crippen LogP contribution in [0.15, 0.2) is 54.6 Å². The third-order valence-electron chi connectivity index (χ3n) is 7.71. The van der Waals surface area contributed by atoms with Crippen LogP contribution in [0.3, 0.4) is 0 Å². The maximum Gasteiger partial charge on any atom is 0.304 e. The maximum absolute atomic E-state index is 11.1. The second-order valence-corrected chi connectivity index (χ2v) is 13.4. The molecule has 2 aliphatic heterocycles. The number of carboxylic acids is 1. The van der Waals surface area contributed by atoms with E-state index in [0.717, 1.165) is 33.4 Å². The van der Waals surface area contributed by atoms with Crippen molar-refractivity contribution < 1.29 is 38.3 Å². The van der Waals surface area contributed by atoms with E-state index in [9.17, 15) is 19.0 Å². The van der Waals surface area contributed by atoms with E-state index in [4.69, 9.17) is 19.3 Å². The number of hydrogen-bond donors (Lipinski definition) is 4. The summed E-state index contributed by atoms with van der Waals surface area (Å²) in [6.45, 7) is 4.91. The smallest absolute Gasteiger partial charge is 0.304 e. The number of carboxylic acid groups (broad SMARTS) is 1. The molecule has 9 heteroatoms. The lowest BCUT2D eigenvalue weighted by atomic mass is 9.94. The van der Waals surface area contributed by atoms with Gasteiger partial charge in [-0.25, -0.2) is 0 Å². The molecule has 0 amide bonds. The quantitative estimate of drug-likeness (QED) is 0.242. The van der Waals surface area contributed by atoms with E-state index in [-0.39, 0.29) is 30.5 Å². The summed E-state index contributed by atoms with van der Waals surface area (Å²) in [5.41, 5.74) is 5.12. The highest BCUT2D eigenvalue weighted by atomic mass is 32.3. The summed E-state index contributed by atoms with van der Waals surface area (Å²) < 4.78 is 37.4. The van der Waals surface area contributed by atoms with Gasteiger partial charge in [0.15, 0.2) is 0 Å². The molecule has 0 spiro atoms. The molecule has 1 atom stereocenters. The van der Waals surface area contributed by atoms with Crippen LogP contribution in [-0.4, -0.2) is 55.6 Å². The second-order valence-electron chi connectivity index (χ2n) is 10.9. The predicted octanol–water partition coefficient (Wildman–Crippen LogP) is 6.15. The monoisotopic (exact) mass is 568 g/mol. The van der Waals surface area contributed by atoms with Crippen LogP contribution in [0.2, 0.25) is 0 Å². The van der Waals surface area contributed by atoms with Crippen LogP contribution >= 0.6 is 10.6 Å². The molecule has 0 aliphatic carbocycles. The molecule has 0 radical (unpaired) electrons. The Morgan fingerprint density at radius 3 is 2.42 bits per heavy atom. The van der Waals surface area contributed by atoms with Gasteiger partial charge in [-0.05, 0) is 78.8 Å². The van der Waals surface area contributed by atoms with Gasteiger partial charge in [-0.2, -0.15) is 10.6 Å². The van der Waals surface area contributed by atoms with Crippen LogP contribution in [0.25, 0.3) is 11.1 Å². The van der Waals surface area contributed by atoms with E-state index in [1.54, 1.807) is 0 Å². The van der Waals surface area contributed by atoms with Crippen molar-refractivity contribution in [3.8, 4) is 28.4 Å². The highest BCUT2D eigenvalue weighted by Gasteiger charge is 2.36. The van der Waals surface area contributed by atoms with Crippen LogP contribution in [0.4, 0.5) is 0 Å². The van der Waals surface area contributed by atoms with Crippen LogP contribution < -0.4 is 14.2 Å². The molecule has 1 saturated heterocycles. The highest BCUT2D eigenvalue weighted by molar-refractivity contribution is 8.24. The number of aliphatic hydroxyl groups is 1. The van der Waals surface area contributed by atoms with E-state index in [2.05, 4.69) is 12.1 Å². The van der Waals surface area contributed by atoms with Gasteiger partial charge in [0, 0.05) is 29.1 Å². The Kier molecular flexibility index (Phi) is 8.01. The fraction of sp³-hybridized carbons (Fsp3) is 0.387. The summed E-state index contributed by atoms with van der Waals surface area (Å²) in [6.07, 6.45) is 0.665. The summed E-state index contributed by atoms with van der Waals surface area (Å²) in [4.78, 5) is 11.1. The molecular weight excluding hydrogens is 532 g/mol. The fourth-order valence-corrected chi connectivity index (χ4v) is 7.09. The number of carbonyl (C=O) groups is 1. The third-order valence-corrected chi connectivity index (χ3v) is 9.43. The van der Waals surface area contributed by atoms with Gasteiger partial charge in [0.2, 0.25) is 0 Å². The van der Waals surface area contributed by atoms with Crippen molar-refractivity contribution in [2.75, 3.05) is 24.7 Å². The fourth-order valence-electron chi connectivity index (χ4n) is 5.47. The number of hydrogen-bond acceptors (Lipinski definition) is 7. The topological polar surface area (TPSA) is 126 Å². The van der Waals surface area contributed by atoms with Crippen molar-refractivity contribution >= 4 is 16.6 Å². The minimum Gasteiger partial charge on any atom is -0.492 e. The van der Waals surface area contributed by atoms with Gasteiger partial charge < -0.3 is 24.4 Å². The van der Waals surface area contributed by atoms with Gasteiger partial charge in [0.25, 0.3) is 0 Å². The first-order valence-corrected chi connectivity index (χ1v) is 15.3. The van der Waals surface area contributed by atoms with Crippen molar-refractivity contribution in [1.82, 2.24) is 0 Å². The summed E-state index contributed by atoms with van der Waals surface area (Å²) in [5.74, 6) is 1.46. The van der Waals surface area contributed by atoms with E-state index in [1.807, 2.05) is 56.3 Å². The normalized spacial score (nSPS) is 19.8. The van der Waals surface area contributed by atoms with Crippen LogP contribution in [0.1, 0.15) is 47.4 Å². The Morgan fingerprint density at radius 1 is 1.00 bits per heavy atom. The minimum atomic E-state index is -2.57. The Hall–Kier alpha value is -3.24. The molecule has 8 nitrogen and oxygen atoms in total. The molecule has 0 bridgehead atoms. The molecular formula is C31H36O8S. The standard InChI is InChI=1S/C31H36O8S/c1-20-12-26(39-19-31(34)8-10-40(35,36)11-9-31)13-21(2)30(20)23-5-3-4-22(14-23)17-37-25-6-7-27-24(15-29(32)33)18-38-28(27)16-25/h3-7,12-14,16,24,34-36H,8-11,15,17-19H2,1-2H3,(H,32,33). The van der Waals surface area contributed by atoms with Gasteiger partial charge >= 0.3 is 5.97 Å². The number of ether oxygens (including phenoxy) is 3. The SMILES string of the molecule is Cc1cc(OCC2(O)CCS(O)(O)CC2)cc(C)c1-c1cccc(COc2ccc3c(c2)OCC3CC(=O)O)c1. The summed E-state index contributed by atoms with van der Waals surface area (Å²) in [5, 5.41) is 19.9. The lowest BCUT2D eigenvalue weighted by Gasteiger charge is -2.43. The van der Waals surface area contributed by atoms with Crippen LogP contribution in [-0.2, 0) is 11.4 Å². The largest absolute Gasteiger partial charge is 0.492 e. The number of aliphatic carboxylic acids is 1. The van der Waals surface area contributed by atoms with Crippen LogP contribution in [0, 0.1) is 13.8 Å². The summed E-state index contributed by atoms with van der Waals surface area (Å²) in [7, 11) is -2.57. The molecule has 1 unspecified atom stereocenters. The lowest BCUT2D eigenvalue weighted by Crippen LogP contribution is -2.42. The molecule has 40 heavy (non-hydrogen) atoms. The van der Waals surface area contributed by atoms with Crippen molar-refractivity contribution in [1.29, 1.82) is 0 Å². The average molecular weight is 569 g/mol. The van der Waals surface area contributed by atoms with Crippen molar-refractivity contribution in [3.05, 3.63) is 76.9 Å². The maximum atomic E-state index is 11.1. The van der Waals surface area contributed by atoms with Crippen LogP contribution in [0.5, 0.6) is 17.2 Å². The zero-order valence-electron chi connectivity index (χ0n) is 22.8. The second kappa shape index (κ2) is 11.3. The number of rotatable bonds is 9. The Morgan fingerprint density at radius 2 is 1.73 bits per heavy atom. The third kappa shape index (κ3) is 6.55. The molecule has 1 fully saturated rings. The summed E-state index contributed by atoms with van der Waals surface area (Å²) >= 11 is 0. The van der Waals surface area contributed by atoms with E-state index in [0.29, 0.717) is 43.3 Å². The van der Waals surface area contributed by atoms with E-state index in [1.165, 1.54) is 0 Å². The molecule has 214 valence electrons. The molecule has 2 aliphatic rings. The average Bonchev–Trinajstić information content (AvgIpc) is 3.29. The number of aryl methyl sites for hydroxylation is 2. The number of fused-ring (bicyclic) bond motifs is 1. The Bertz CT molecular complexity index is 1370. The number of benzene rings is 3. The van der Waals surface area contributed by atoms with E-state index < -0.39 is 22.2 Å². The molecule has 0 saturated carbocycles. The van der Waals surface area contributed by atoms with Gasteiger partial charge in [-0.3, -0.25) is 13.9 Å². The first kappa shape index (κ1) is 28.3. The van der Waals surface area contributed by atoms with E-state index >= 15 is 0 Å². The highest BCUT2D eigenvalue weighted by Crippen LogP contribution is 2.47. The molecule has 3 aromatic rings. The van der Waals surface area contributed by atoms with Gasteiger partial charge in [-0.1, -0.05) is 24.3 Å². The minimum absolute atomic E-state index is 0.0464. The van der Waals surface area contributed by atoms with Crippen molar-refractivity contribution in [2.24, 2.45) is 0 Å².